The van der Waals surface area contributed by atoms with Crippen LogP contribution in [0.5, 0.6) is 0 Å². The molecule has 0 aromatic carbocycles. The summed E-state index contributed by atoms with van der Waals surface area (Å²) in [5.74, 6) is 0.255. The first kappa shape index (κ1) is 16.9. The van der Waals surface area contributed by atoms with Gasteiger partial charge >= 0.3 is 0 Å². The van der Waals surface area contributed by atoms with Crippen LogP contribution in [0.25, 0.3) is 0 Å². The number of nitrogens with zero attached hydrogens (tertiary/aromatic N) is 1. The van der Waals surface area contributed by atoms with Crippen LogP contribution in [0.15, 0.2) is 0 Å². The van der Waals surface area contributed by atoms with E-state index in [9.17, 15) is 8.42 Å². The monoisotopic (exact) mass is 290 g/mol. The van der Waals surface area contributed by atoms with Crippen molar-refractivity contribution in [2.75, 3.05) is 31.9 Å². The smallest absolute Gasteiger partial charge is 0.153 e. The Balaban J connectivity index is 2.05. The second kappa shape index (κ2) is 8.22. The highest BCUT2D eigenvalue weighted by atomic mass is 32.2. The zero-order chi connectivity index (χ0) is 14.3. The van der Waals surface area contributed by atoms with Gasteiger partial charge in [0.1, 0.15) is 0 Å². The fraction of sp³-hybridized carbons (Fsp3) is 1.00. The molecule has 1 N–H and O–H groups in total. The Bertz CT molecular complexity index is 341. The van der Waals surface area contributed by atoms with Crippen LogP contribution in [0.3, 0.4) is 0 Å². The van der Waals surface area contributed by atoms with Crippen LogP contribution in [0.4, 0.5) is 0 Å². The fourth-order valence-electron chi connectivity index (χ4n) is 2.47. The highest BCUT2D eigenvalue weighted by Crippen LogP contribution is 2.15. The van der Waals surface area contributed by atoms with Gasteiger partial charge in [-0.2, -0.15) is 0 Å². The molecule has 0 spiro atoms. The van der Waals surface area contributed by atoms with Crippen molar-refractivity contribution in [2.24, 2.45) is 0 Å². The quantitative estimate of drug-likeness (QED) is 0.691. The molecule has 1 rings (SSSR count). The van der Waals surface area contributed by atoms with Crippen molar-refractivity contribution in [3.63, 3.8) is 0 Å². The summed E-state index contributed by atoms with van der Waals surface area (Å²) >= 11 is 0. The average Bonchev–Trinajstić information content (AvgIpc) is 2.35. The average molecular weight is 290 g/mol. The number of sulfone groups is 1. The van der Waals surface area contributed by atoms with E-state index in [-0.39, 0.29) is 11.0 Å². The van der Waals surface area contributed by atoms with Crippen molar-refractivity contribution < 1.29 is 8.42 Å². The summed E-state index contributed by atoms with van der Waals surface area (Å²) in [4.78, 5) is 2.55. The van der Waals surface area contributed by atoms with Gasteiger partial charge < -0.3 is 10.2 Å². The fourth-order valence-corrected chi connectivity index (χ4v) is 3.37. The van der Waals surface area contributed by atoms with Crippen LogP contribution < -0.4 is 5.32 Å². The van der Waals surface area contributed by atoms with Crippen LogP contribution in [-0.4, -0.2) is 56.5 Å². The molecule has 1 unspecified atom stereocenters. The Morgan fingerprint density at radius 3 is 2.63 bits per heavy atom. The van der Waals surface area contributed by atoms with Gasteiger partial charge in [-0.15, -0.1) is 0 Å². The second-order valence-corrected chi connectivity index (χ2v) is 8.58. The Labute approximate surface area is 118 Å². The van der Waals surface area contributed by atoms with Crippen molar-refractivity contribution in [3.8, 4) is 0 Å². The van der Waals surface area contributed by atoms with Crippen LogP contribution >= 0.6 is 0 Å². The van der Waals surface area contributed by atoms with Crippen LogP contribution in [0, 0.1) is 0 Å². The SMILES string of the molecule is CC1CCCCN1CCCNCCS(=O)(=O)C(C)C. The van der Waals surface area contributed by atoms with Gasteiger partial charge in [0.05, 0.1) is 11.0 Å². The lowest BCUT2D eigenvalue weighted by molar-refractivity contribution is 0.159. The molecule has 1 saturated heterocycles. The first-order valence-corrected chi connectivity index (χ1v) is 9.31. The third-order valence-corrected chi connectivity index (χ3v) is 6.23. The normalized spacial score (nSPS) is 22.0. The van der Waals surface area contributed by atoms with E-state index in [1.165, 1.54) is 25.8 Å². The molecular weight excluding hydrogens is 260 g/mol. The molecule has 1 fully saturated rings. The number of hydrogen-bond donors (Lipinski definition) is 1. The topological polar surface area (TPSA) is 49.4 Å². The van der Waals surface area contributed by atoms with E-state index < -0.39 is 9.84 Å². The minimum absolute atomic E-state index is 0.255. The molecule has 0 saturated carbocycles. The van der Waals surface area contributed by atoms with Crippen LogP contribution in [-0.2, 0) is 9.84 Å². The van der Waals surface area contributed by atoms with Crippen molar-refractivity contribution in [3.05, 3.63) is 0 Å². The third-order valence-electron chi connectivity index (χ3n) is 4.02. The van der Waals surface area contributed by atoms with Gasteiger partial charge in [0.15, 0.2) is 9.84 Å². The predicted octanol–water partition coefficient (Wildman–Crippen LogP) is 1.66. The summed E-state index contributed by atoms with van der Waals surface area (Å²) < 4.78 is 23.2. The summed E-state index contributed by atoms with van der Waals surface area (Å²) in [6, 6.07) is 0.718. The van der Waals surface area contributed by atoms with Crippen molar-refractivity contribution in [2.45, 2.75) is 57.7 Å². The zero-order valence-electron chi connectivity index (χ0n) is 12.7. The summed E-state index contributed by atoms with van der Waals surface area (Å²) in [6.07, 6.45) is 5.11. The molecule has 5 heteroatoms. The molecule has 0 radical (unpaired) electrons. The van der Waals surface area contributed by atoms with E-state index in [4.69, 9.17) is 0 Å². The zero-order valence-corrected chi connectivity index (χ0v) is 13.5. The summed E-state index contributed by atoms with van der Waals surface area (Å²) in [5.41, 5.74) is 0. The van der Waals surface area contributed by atoms with Gasteiger partial charge in [0.2, 0.25) is 0 Å². The molecule has 0 aromatic heterocycles. The Kier molecular flexibility index (Phi) is 7.32. The van der Waals surface area contributed by atoms with E-state index in [0.29, 0.717) is 6.54 Å². The standard InChI is InChI=1S/C14H30N2O2S/c1-13(2)19(17,18)12-9-15-8-6-11-16-10-5-4-7-14(16)3/h13-15H,4-12H2,1-3H3. The predicted molar refractivity (Wildman–Crippen MR) is 81.3 cm³/mol. The molecule has 0 amide bonds. The van der Waals surface area contributed by atoms with Crippen molar-refractivity contribution in [1.82, 2.24) is 10.2 Å². The molecule has 114 valence electrons. The van der Waals surface area contributed by atoms with E-state index >= 15 is 0 Å². The van der Waals surface area contributed by atoms with E-state index in [1.54, 1.807) is 13.8 Å². The van der Waals surface area contributed by atoms with Gasteiger partial charge in [-0.25, -0.2) is 8.42 Å². The molecule has 4 nitrogen and oxygen atoms in total. The summed E-state index contributed by atoms with van der Waals surface area (Å²) in [7, 11) is -2.89. The van der Waals surface area contributed by atoms with Gasteiger partial charge in [-0.1, -0.05) is 6.42 Å². The first-order chi connectivity index (χ1) is 8.93. The summed E-state index contributed by atoms with van der Waals surface area (Å²) in [6.45, 7) is 9.64. The Morgan fingerprint density at radius 2 is 2.00 bits per heavy atom. The van der Waals surface area contributed by atoms with E-state index in [0.717, 1.165) is 25.6 Å². The number of rotatable bonds is 8. The maximum atomic E-state index is 11.6. The Hall–Kier alpha value is -0.130. The highest BCUT2D eigenvalue weighted by molar-refractivity contribution is 7.92. The molecule has 1 atom stereocenters. The van der Waals surface area contributed by atoms with Crippen LogP contribution in [0.2, 0.25) is 0 Å². The molecule has 19 heavy (non-hydrogen) atoms. The molecule has 0 aromatic rings. The highest BCUT2D eigenvalue weighted by Gasteiger charge is 2.17. The lowest BCUT2D eigenvalue weighted by Gasteiger charge is -2.33. The van der Waals surface area contributed by atoms with E-state index in [2.05, 4.69) is 17.1 Å². The maximum Gasteiger partial charge on any atom is 0.153 e. The van der Waals surface area contributed by atoms with Crippen LogP contribution in [0.1, 0.15) is 46.5 Å². The molecule has 1 heterocycles. The van der Waals surface area contributed by atoms with Crippen molar-refractivity contribution in [1.29, 1.82) is 0 Å². The number of likely N-dealkylation sites (tertiary alicyclic amines) is 1. The second-order valence-electron chi connectivity index (χ2n) is 5.90. The van der Waals surface area contributed by atoms with Gasteiger partial charge in [-0.05, 0) is 59.7 Å². The van der Waals surface area contributed by atoms with Gasteiger partial charge in [0.25, 0.3) is 0 Å². The van der Waals surface area contributed by atoms with Gasteiger partial charge in [-0.3, -0.25) is 0 Å². The van der Waals surface area contributed by atoms with Gasteiger partial charge in [0, 0.05) is 12.6 Å². The molecular formula is C14H30N2O2S. The molecule has 1 aliphatic rings. The number of nitrogens with one attached hydrogen (secondary N) is 1. The Morgan fingerprint density at radius 1 is 1.26 bits per heavy atom. The number of piperidine rings is 1. The lowest BCUT2D eigenvalue weighted by Crippen LogP contribution is -2.39. The third kappa shape index (κ3) is 6.23. The van der Waals surface area contributed by atoms with Crippen molar-refractivity contribution >= 4 is 9.84 Å². The first-order valence-electron chi connectivity index (χ1n) is 7.60. The molecule has 1 aliphatic heterocycles. The molecule has 0 aliphatic carbocycles. The minimum atomic E-state index is -2.89. The minimum Gasteiger partial charge on any atom is -0.316 e. The summed E-state index contributed by atoms with van der Waals surface area (Å²) in [5, 5.41) is 2.98. The largest absolute Gasteiger partial charge is 0.316 e. The number of hydrogen-bond acceptors (Lipinski definition) is 4. The molecule has 0 bridgehead atoms. The maximum absolute atomic E-state index is 11.6. The van der Waals surface area contributed by atoms with E-state index in [1.807, 2.05) is 0 Å². The lowest BCUT2D eigenvalue weighted by atomic mass is 10.0.